The van der Waals surface area contributed by atoms with Crippen molar-refractivity contribution in [2.45, 2.75) is 46.0 Å². The summed E-state index contributed by atoms with van der Waals surface area (Å²) in [7, 11) is 2.14. The third-order valence-corrected chi connectivity index (χ3v) is 5.79. The van der Waals surface area contributed by atoms with Crippen LogP contribution in [0.3, 0.4) is 0 Å². The van der Waals surface area contributed by atoms with Gasteiger partial charge in [0.05, 0.1) is 0 Å². The summed E-state index contributed by atoms with van der Waals surface area (Å²) < 4.78 is 0. The highest BCUT2D eigenvalue weighted by atomic mass is 32.1. The van der Waals surface area contributed by atoms with Gasteiger partial charge in [-0.15, -0.1) is 11.3 Å². The third kappa shape index (κ3) is 7.78. The molecule has 1 fully saturated rings. The maximum Gasteiger partial charge on any atom is 0.193 e. The van der Waals surface area contributed by atoms with Gasteiger partial charge in [0, 0.05) is 38.1 Å². The molecule has 2 heterocycles. The number of hydrogen-bond acceptors (Lipinski definition) is 3. The largest absolute Gasteiger partial charge is 0.357 e. The zero-order chi connectivity index (χ0) is 17.9. The number of nitrogens with zero attached hydrogens (tertiary/aromatic N) is 3. The summed E-state index contributed by atoms with van der Waals surface area (Å²) in [4.78, 5) is 11.2. The highest BCUT2D eigenvalue weighted by molar-refractivity contribution is 7.09. The van der Waals surface area contributed by atoms with Crippen LogP contribution in [0.15, 0.2) is 22.5 Å². The number of aliphatic imine (C=N–C) groups is 1. The van der Waals surface area contributed by atoms with E-state index in [0.29, 0.717) is 0 Å². The molecule has 1 aliphatic rings. The molecule has 1 aromatic rings. The lowest BCUT2D eigenvalue weighted by molar-refractivity contribution is 0.181. The van der Waals surface area contributed by atoms with Crippen LogP contribution in [0.25, 0.3) is 0 Å². The molecule has 0 aliphatic carbocycles. The first-order valence-electron chi connectivity index (χ1n) is 9.93. The Morgan fingerprint density at radius 1 is 1.44 bits per heavy atom. The topological polar surface area (TPSA) is 30.9 Å². The first kappa shape index (κ1) is 20.2. The summed E-state index contributed by atoms with van der Waals surface area (Å²) >= 11 is 1.84. The molecular formula is C20H36N4S. The van der Waals surface area contributed by atoms with Crippen molar-refractivity contribution in [3.63, 3.8) is 0 Å². The Kier molecular flexibility index (Phi) is 9.33. The highest BCUT2D eigenvalue weighted by Crippen LogP contribution is 2.15. The number of piperidine rings is 1. The van der Waals surface area contributed by atoms with E-state index in [1.807, 2.05) is 11.3 Å². The van der Waals surface area contributed by atoms with Crippen molar-refractivity contribution >= 4 is 17.3 Å². The van der Waals surface area contributed by atoms with Gasteiger partial charge < -0.3 is 15.1 Å². The molecule has 0 spiro atoms. The Balaban J connectivity index is 1.67. The van der Waals surface area contributed by atoms with Crippen LogP contribution in [0.4, 0.5) is 0 Å². The van der Waals surface area contributed by atoms with Gasteiger partial charge in [0.1, 0.15) is 0 Å². The summed E-state index contributed by atoms with van der Waals surface area (Å²) in [5.74, 6) is 1.93. The molecule has 0 aromatic carbocycles. The minimum absolute atomic E-state index is 0.879. The smallest absolute Gasteiger partial charge is 0.193 e. The molecule has 1 aromatic heterocycles. The van der Waals surface area contributed by atoms with E-state index in [2.05, 4.69) is 53.5 Å². The van der Waals surface area contributed by atoms with Gasteiger partial charge in [0.2, 0.25) is 0 Å². The molecule has 1 N–H and O–H groups in total. The van der Waals surface area contributed by atoms with Crippen molar-refractivity contribution in [3.05, 3.63) is 22.4 Å². The minimum Gasteiger partial charge on any atom is -0.357 e. The average molecular weight is 365 g/mol. The molecule has 0 amide bonds. The van der Waals surface area contributed by atoms with Crippen molar-refractivity contribution in [2.75, 3.05) is 46.3 Å². The van der Waals surface area contributed by atoms with Crippen LogP contribution in [0, 0.1) is 5.92 Å². The molecule has 0 saturated carbocycles. The standard InChI is InChI=1S/C20H36N4S/c1-4-21-20(23(3)15-11-19-10-8-16-25-19)22-12-5-6-13-24-14-7-9-18(2)17-24/h8,10,16,18H,4-7,9,11-15,17H2,1-3H3,(H,21,22). The van der Waals surface area contributed by atoms with E-state index in [0.717, 1.165) is 37.9 Å². The lowest BCUT2D eigenvalue weighted by atomic mass is 10.0. The van der Waals surface area contributed by atoms with Crippen molar-refractivity contribution in [2.24, 2.45) is 10.9 Å². The lowest BCUT2D eigenvalue weighted by Crippen LogP contribution is -2.40. The molecule has 1 saturated heterocycles. The number of unbranched alkanes of at least 4 members (excludes halogenated alkanes) is 1. The third-order valence-electron chi connectivity index (χ3n) is 4.86. The Morgan fingerprint density at radius 2 is 2.32 bits per heavy atom. The van der Waals surface area contributed by atoms with E-state index >= 15 is 0 Å². The van der Waals surface area contributed by atoms with Gasteiger partial charge >= 0.3 is 0 Å². The zero-order valence-corrected chi connectivity index (χ0v) is 17.2. The van der Waals surface area contributed by atoms with Crippen LogP contribution < -0.4 is 5.32 Å². The average Bonchev–Trinajstić information content (AvgIpc) is 3.12. The lowest BCUT2D eigenvalue weighted by Gasteiger charge is -2.30. The molecule has 0 bridgehead atoms. The van der Waals surface area contributed by atoms with Crippen molar-refractivity contribution < 1.29 is 0 Å². The first-order valence-corrected chi connectivity index (χ1v) is 10.8. The Morgan fingerprint density at radius 3 is 3.04 bits per heavy atom. The molecule has 1 unspecified atom stereocenters. The monoisotopic (exact) mass is 364 g/mol. The van der Waals surface area contributed by atoms with Gasteiger partial charge in [-0.05, 0) is 69.5 Å². The van der Waals surface area contributed by atoms with Crippen LogP contribution in [0.1, 0.15) is 44.4 Å². The number of likely N-dealkylation sites (tertiary alicyclic amines) is 1. The number of hydrogen-bond donors (Lipinski definition) is 1. The second-order valence-corrected chi connectivity index (χ2v) is 8.27. The van der Waals surface area contributed by atoms with E-state index in [4.69, 9.17) is 4.99 Å². The normalized spacial score (nSPS) is 19.2. The molecule has 142 valence electrons. The fraction of sp³-hybridized carbons (Fsp3) is 0.750. The van der Waals surface area contributed by atoms with E-state index in [-0.39, 0.29) is 0 Å². The number of likely N-dealkylation sites (N-methyl/N-ethyl adjacent to an activating group) is 1. The van der Waals surface area contributed by atoms with Gasteiger partial charge in [-0.1, -0.05) is 13.0 Å². The first-order chi connectivity index (χ1) is 12.2. The summed E-state index contributed by atoms with van der Waals surface area (Å²) in [6.07, 6.45) is 6.31. The number of rotatable bonds is 9. The molecule has 0 radical (unpaired) electrons. The second kappa shape index (κ2) is 11.5. The molecule has 2 rings (SSSR count). The van der Waals surface area contributed by atoms with Crippen molar-refractivity contribution in [3.8, 4) is 0 Å². The Bertz CT molecular complexity index is 486. The molecular weight excluding hydrogens is 328 g/mol. The van der Waals surface area contributed by atoms with E-state index in [9.17, 15) is 0 Å². The van der Waals surface area contributed by atoms with E-state index < -0.39 is 0 Å². The Hall–Kier alpha value is -1.07. The summed E-state index contributed by atoms with van der Waals surface area (Å²) in [6, 6.07) is 4.34. The van der Waals surface area contributed by atoms with Crippen molar-refractivity contribution in [1.82, 2.24) is 15.1 Å². The molecule has 5 heteroatoms. The van der Waals surface area contributed by atoms with Crippen LogP contribution in [-0.4, -0.2) is 62.1 Å². The van der Waals surface area contributed by atoms with Gasteiger partial charge in [-0.25, -0.2) is 0 Å². The summed E-state index contributed by atoms with van der Waals surface area (Å²) in [5, 5.41) is 5.58. The predicted octanol–water partition coefficient (Wildman–Crippen LogP) is 3.70. The summed E-state index contributed by atoms with van der Waals surface area (Å²) in [6.45, 7) is 11.2. The molecule has 4 nitrogen and oxygen atoms in total. The van der Waals surface area contributed by atoms with Gasteiger partial charge in [-0.2, -0.15) is 0 Å². The van der Waals surface area contributed by atoms with Gasteiger partial charge in [0.15, 0.2) is 5.96 Å². The molecule has 25 heavy (non-hydrogen) atoms. The minimum atomic E-state index is 0.879. The van der Waals surface area contributed by atoms with Gasteiger partial charge in [0.25, 0.3) is 0 Å². The predicted molar refractivity (Wildman–Crippen MR) is 111 cm³/mol. The number of guanidine groups is 1. The molecule has 1 aliphatic heterocycles. The Labute approximate surface area is 158 Å². The summed E-state index contributed by atoms with van der Waals surface area (Å²) in [5.41, 5.74) is 0. The fourth-order valence-corrected chi connectivity index (χ4v) is 4.13. The van der Waals surface area contributed by atoms with Crippen LogP contribution in [0.2, 0.25) is 0 Å². The van der Waals surface area contributed by atoms with Crippen molar-refractivity contribution in [1.29, 1.82) is 0 Å². The molecule has 1 atom stereocenters. The second-order valence-electron chi connectivity index (χ2n) is 7.24. The zero-order valence-electron chi connectivity index (χ0n) is 16.3. The number of thiophene rings is 1. The van der Waals surface area contributed by atoms with E-state index in [1.54, 1.807) is 0 Å². The number of nitrogens with one attached hydrogen (secondary N) is 1. The van der Waals surface area contributed by atoms with Crippen LogP contribution in [0.5, 0.6) is 0 Å². The van der Waals surface area contributed by atoms with Crippen LogP contribution in [-0.2, 0) is 6.42 Å². The van der Waals surface area contributed by atoms with Crippen LogP contribution >= 0.6 is 11.3 Å². The highest BCUT2D eigenvalue weighted by Gasteiger charge is 2.15. The van der Waals surface area contributed by atoms with E-state index in [1.165, 1.54) is 50.2 Å². The maximum absolute atomic E-state index is 4.83. The maximum atomic E-state index is 4.83. The van der Waals surface area contributed by atoms with Gasteiger partial charge in [-0.3, -0.25) is 4.99 Å². The fourth-order valence-electron chi connectivity index (χ4n) is 3.43. The quantitative estimate of drug-likeness (QED) is 0.412. The SMILES string of the molecule is CCNC(=NCCCCN1CCCC(C)C1)N(C)CCc1cccs1.